The molecule has 3 unspecified atom stereocenters. The standard InChI is InChI=1S/C22H25NO/c1-14(2)15-10-12-16(13-11-15)21-18-7-4-6-17(18)19-8-5-9-20(24-3)22(19)23-21/h4-6,8-14,17-18,21,23H,7H2,1-3H3. The number of rotatable bonds is 3. The fourth-order valence-electron chi connectivity index (χ4n) is 4.18. The van der Waals surface area contributed by atoms with Crippen LogP contribution in [0.25, 0.3) is 0 Å². The summed E-state index contributed by atoms with van der Waals surface area (Å²) in [6, 6.07) is 15.8. The summed E-state index contributed by atoms with van der Waals surface area (Å²) in [4.78, 5) is 0. The minimum absolute atomic E-state index is 0.329. The van der Waals surface area contributed by atoms with Gasteiger partial charge >= 0.3 is 0 Å². The first-order valence-electron chi connectivity index (χ1n) is 8.89. The highest BCUT2D eigenvalue weighted by Crippen LogP contribution is 2.52. The fraction of sp³-hybridized carbons (Fsp3) is 0.364. The zero-order valence-corrected chi connectivity index (χ0v) is 14.6. The molecule has 2 nitrogen and oxygen atoms in total. The van der Waals surface area contributed by atoms with Crippen molar-refractivity contribution in [3.63, 3.8) is 0 Å². The van der Waals surface area contributed by atoms with Crippen molar-refractivity contribution in [3.8, 4) is 5.75 Å². The molecule has 0 amide bonds. The Labute approximate surface area is 144 Å². The molecule has 1 aliphatic heterocycles. The maximum atomic E-state index is 5.61. The summed E-state index contributed by atoms with van der Waals surface area (Å²) < 4.78 is 5.61. The number of fused-ring (bicyclic) bond motifs is 3. The third kappa shape index (κ3) is 2.41. The highest BCUT2D eigenvalue weighted by molar-refractivity contribution is 5.67. The van der Waals surface area contributed by atoms with E-state index in [1.165, 1.54) is 16.7 Å². The Morgan fingerprint density at radius 1 is 1.08 bits per heavy atom. The molecule has 124 valence electrons. The Kier molecular flexibility index (Phi) is 3.84. The van der Waals surface area contributed by atoms with E-state index in [2.05, 4.69) is 67.7 Å². The smallest absolute Gasteiger partial charge is 0.142 e. The first-order chi connectivity index (χ1) is 11.7. The Hall–Kier alpha value is -2.22. The molecule has 0 saturated heterocycles. The predicted octanol–water partition coefficient (Wildman–Crippen LogP) is 5.65. The summed E-state index contributed by atoms with van der Waals surface area (Å²) in [6.07, 6.45) is 5.84. The van der Waals surface area contributed by atoms with Crippen molar-refractivity contribution in [3.05, 3.63) is 71.3 Å². The molecule has 2 heteroatoms. The van der Waals surface area contributed by atoms with Crippen molar-refractivity contribution in [1.82, 2.24) is 0 Å². The van der Waals surface area contributed by atoms with Crippen molar-refractivity contribution >= 4 is 5.69 Å². The van der Waals surface area contributed by atoms with Crippen LogP contribution < -0.4 is 10.1 Å². The van der Waals surface area contributed by atoms with Crippen molar-refractivity contribution in [2.24, 2.45) is 5.92 Å². The topological polar surface area (TPSA) is 21.3 Å². The van der Waals surface area contributed by atoms with Crippen molar-refractivity contribution < 1.29 is 4.74 Å². The van der Waals surface area contributed by atoms with Crippen LogP contribution in [0.15, 0.2) is 54.6 Å². The lowest BCUT2D eigenvalue weighted by Gasteiger charge is -2.38. The number of hydrogen-bond acceptors (Lipinski definition) is 2. The van der Waals surface area contributed by atoms with Crippen LogP contribution in [-0.2, 0) is 0 Å². The molecule has 2 aromatic rings. The summed E-state index contributed by atoms with van der Waals surface area (Å²) in [5, 5.41) is 3.79. The second-order valence-electron chi connectivity index (χ2n) is 7.22. The van der Waals surface area contributed by atoms with Gasteiger partial charge in [0, 0.05) is 5.92 Å². The molecule has 1 N–H and O–H groups in total. The second-order valence-corrected chi connectivity index (χ2v) is 7.22. The van der Waals surface area contributed by atoms with Gasteiger partial charge in [-0.25, -0.2) is 0 Å². The minimum Gasteiger partial charge on any atom is -0.495 e. The average molecular weight is 319 g/mol. The number of para-hydroxylation sites is 1. The van der Waals surface area contributed by atoms with E-state index in [0.29, 0.717) is 23.8 Å². The fourth-order valence-corrected chi connectivity index (χ4v) is 4.18. The molecule has 3 atom stereocenters. The number of methoxy groups -OCH3 is 1. The molecule has 2 aliphatic rings. The van der Waals surface area contributed by atoms with Crippen molar-refractivity contribution in [1.29, 1.82) is 0 Å². The highest BCUT2D eigenvalue weighted by Gasteiger charge is 2.38. The van der Waals surface area contributed by atoms with Gasteiger partial charge in [-0.2, -0.15) is 0 Å². The van der Waals surface area contributed by atoms with Gasteiger partial charge < -0.3 is 10.1 Å². The number of ether oxygens (including phenoxy) is 1. The van der Waals surface area contributed by atoms with E-state index < -0.39 is 0 Å². The van der Waals surface area contributed by atoms with Crippen LogP contribution in [0.5, 0.6) is 5.75 Å². The van der Waals surface area contributed by atoms with Crippen LogP contribution in [0.1, 0.15) is 54.8 Å². The van der Waals surface area contributed by atoms with Gasteiger partial charge in [0.2, 0.25) is 0 Å². The largest absolute Gasteiger partial charge is 0.495 e. The molecule has 24 heavy (non-hydrogen) atoms. The van der Waals surface area contributed by atoms with Crippen LogP contribution in [0.4, 0.5) is 5.69 Å². The molecule has 4 rings (SSSR count). The van der Waals surface area contributed by atoms with Crippen molar-refractivity contribution in [2.45, 2.75) is 38.1 Å². The number of allylic oxidation sites excluding steroid dienone is 2. The number of anilines is 1. The molecule has 0 radical (unpaired) electrons. The molecule has 1 aliphatic carbocycles. The van der Waals surface area contributed by atoms with E-state index in [9.17, 15) is 0 Å². The minimum atomic E-state index is 0.329. The van der Waals surface area contributed by atoms with E-state index in [4.69, 9.17) is 4.74 Å². The zero-order valence-electron chi connectivity index (χ0n) is 14.6. The number of nitrogens with one attached hydrogen (secondary N) is 1. The Morgan fingerprint density at radius 2 is 1.88 bits per heavy atom. The normalized spacial score (nSPS) is 24.4. The SMILES string of the molecule is COc1cccc2c1NC(c1ccc(C(C)C)cc1)C1CC=CC21. The van der Waals surface area contributed by atoms with Gasteiger partial charge in [-0.15, -0.1) is 0 Å². The third-order valence-corrected chi connectivity index (χ3v) is 5.54. The second kappa shape index (κ2) is 6.01. The monoisotopic (exact) mass is 319 g/mol. The van der Waals surface area contributed by atoms with Gasteiger partial charge in [-0.3, -0.25) is 0 Å². The van der Waals surface area contributed by atoms with Crippen molar-refractivity contribution in [2.75, 3.05) is 12.4 Å². The van der Waals surface area contributed by atoms with Gasteiger partial charge in [0.25, 0.3) is 0 Å². The molecular weight excluding hydrogens is 294 g/mol. The first kappa shape index (κ1) is 15.3. The molecule has 2 aromatic carbocycles. The van der Waals surface area contributed by atoms with E-state index in [-0.39, 0.29) is 0 Å². The molecule has 0 aromatic heterocycles. The average Bonchev–Trinajstić information content (AvgIpc) is 3.10. The molecule has 1 heterocycles. The van der Waals surface area contributed by atoms with Gasteiger partial charge in [0.05, 0.1) is 18.8 Å². The van der Waals surface area contributed by atoms with Crippen LogP contribution >= 0.6 is 0 Å². The zero-order chi connectivity index (χ0) is 16.7. The molecule has 0 bridgehead atoms. The van der Waals surface area contributed by atoms with Gasteiger partial charge in [-0.1, -0.05) is 62.4 Å². The molecular formula is C22H25NO. The first-order valence-corrected chi connectivity index (χ1v) is 8.89. The lowest BCUT2D eigenvalue weighted by Crippen LogP contribution is -2.29. The third-order valence-electron chi connectivity index (χ3n) is 5.54. The van der Waals surface area contributed by atoms with Gasteiger partial charge in [0.1, 0.15) is 5.75 Å². The van der Waals surface area contributed by atoms with Crippen LogP contribution in [0, 0.1) is 5.92 Å². The van der Waals surface area contributed by atoms with E-state index in [0.717, 1.165) is 17.9 Å². The van der Waals surface area contributed by atoms with Gasteiger partial charge in [0.15, 0.2) is 0 Å². The summed E-state index contributed by atoms with van der Waals surface area (Å²) in [5.41, 5.74) is 5.29. The lowest BCUT2D eigenvalue weighted by atomic mass is 9.76. The summed E-state index contributed by atoms with van der Waals surface area (Å²) in [7, 11) is 1.75. The Morgan fingerprint density at radius 3 is 2.58 bits per heavy atom. The Bertz CT molecular complexity index is 760. The van der Waals surface area contributed by atoms with E-state index in [1.807, 2.05) is 6.07 Å². The van der Waals surface area contributed by atoms with Gasteiger partial charge in [-0.05, 0) is 41.0 Å². The van der Waals surface area contributed by atoms with Crippen LogP contribution in [0.2, 0.25) is 0 Å². The van der Waals surface area contributed by atoms with E-state index >= 15 is 0 Å². The van der Waals surface area contributed by atoms with Crippen LogP contribution in [-0.4, -0.2) is 7.11 Å². The Balaban J connectivity index is 1.74. The molecule has 0 spiro atoms. The maximum Gasteiger partial charge on any atom is 0.142 e. The number of benzene rings is 2. The lowest BCUT2D eigenvalue weighted by molar-refractivity contribution is 0.397. The number of hydrogen-bond donors (Lipinski definition) is 1. The molecule has 0 fully saturated rings. The summed E-state index contributed by atoms with van der Waals surface area (Å²) in [6.45, 7) is 4.48. The quantitative estimate of drug-likeness (QED) is 0.739. The molecule has 0 saturated carbocycles. The predicted molar refractivity (Wildman–Crippen MR) is 99.9 cm³/mol. The van der Waals surface area contributed by atoms with E-state index in [1.54, 1.807) is 7.11 Å². The summed E-state index contributed by atoms with van der Waals surface area (Å²) >= 11 is 0. The van der Waals surface area contributed by atoms with Crippen LogP contribution in [0.3, 0.4) is 0 Å². The summed E-state index contributed by atoms with van der Waals surface area (Å²) in [5.74, 6) is 2.57. The highest BCUT2D eigenvalue weighted by atomic mass is 16.5. The maximum absolute atomic E-state index is 5.61.